The van der Waals surface area contributed by atoms with Crippen LogP contribution in [0.4, 0.5) is 0 Å². The molecule has 0 radical (unpaired) electrons. The van der Waals surface area contributed by atoms with Crippen LogP contribution < -0.4 is 5.56 Å². The molecule has 0 aliphatic carbocycles. The average Bonchev–Trinajstić information content (AvgIpc) is 2.61. The molecule has 24 heavy (non-hydrogen) atoms. The van der Waals surface area contributed by atoms with Crippen LogP contribution in [0.1, 0.15) is 11.1 Å². The molecule has 1 N–H and O–H groups in total. The molecule has 0 fully saturated rings. The second-order valence-electron chi connectivity index (χ2n) is 4.99. The van der Waals surface area contributed by atoms with E-state index in [1.807, 2.05) is 36.4 Å². The molecule has 0 aliphatic heterocycles. The number of aromatic amines is 1. The van der Waals surface area contributed by atoms with Gasteiger partial charge in [-0.05, 0) is 17.7 Å². The minimum atomic E-state index is -0.437. The Labute approximate surface area is 148 Å². The summed E-state index contributed by atoms with van der Waals surface area (Å²) in [6, 6.07) is 18.7. The lowest BCUT2D eigenvalue weighted by molar-refractivity contribution is 0.934. The first kappa shape index (κ1) is 16.3. The summed E-state index contributed by atoms with van der Waals surface area (Å²) in [6.45, 7) is 0. The van der Waals surface area contributed by atoms with Crippen molar-refractivity contribution < 1.29 is 0 Å². The Morgan fingerprint density at radius 1 is 1.12 bits per heavy atom. The van der Waals surface area contributed by atoms with E-state index in [-0.39, 0.29) is 5.56 Å². The van der Waals surface area contributed by atoms with Gasteiger partial charge in [0, 0.05) is 16.3 Å². The molecule has 0 unspecified atom stereocenters. The summed E-state index contributed by atoms with van der Waals surface area (Å²) in [6.07, 6.45) is 0. The van der Waals surface area contributed by atoms with Crippen LogP contribution in [0.2, 0.25) is 5.02 Å². The molecule has 3 aromatic rings. The third-order valence-electron chi connectivity index (χ3n) is 3.35. The van der Waals surface area contributed by atoms with Gasteiger partial charge in [0.05, 0.1) is 5.69 Å². The molecule has 2 aromatic carbocycles. The van der Waals surface area contributed by atoms with Gasteiger partial charge >= 0.3 is 0 Å². The number of aromatic nitrogens is 2. The van der Waals surface area contributed by atoms with Crippen molar-refractivity contribution in [2.75, 3.05) is 0 Å². The van der Waals surface area contributed by atoms with Crippen LogP contribution in [0.15, 0.2) is 64.5 Å². The van der Waals surface area contributed by atoms with Crippen LogP contribution in [-0.4, -0.2) is 9.97 Å². The van der Waals surface area contributed by atoms with Crippen LogP contribution in [0.3, 0.4) is 0 Å². The molecular formula is C18H12ClN3OS. The predicted molar refractivity (Wildman–Crippen MR) is 96.0 cm³/mol. The average molecular weight is 354 g/mol. The van der Waals surface area contributed by atoms with Gasteiger partial charge in [-0.15, -0.1) is 0 Å². The van der Waals surface area contributed by atoms with Crippen molar-refractivity contribution in [2.45, 2.75) is 10.9 Å². The molecule has 3 rings (SSSR count). The van der Waals surface area contributed by atoms with Crippen molar-refractivity contribution >= 4 is 23.4 Å². The van der Waals surface area contributed by atoms with Crippen molar-refractivity contribution in [2.24, 2.45) is 0 Å². The minimum Gasteiger partial charge on any atom is -0.300 e. The van der Waals surface area contributed by atoms with Gasteiger partial charge < -0.3 is 4.98 Å². The fraction of sp³-hybridized carbons (Fsp3) is 0.0556. The Hall–Kier alpha value is -2.55. The summed E-state index contributed by atoms with van der Waals surface area (Å²) >= 11 is 7.31. The number of rotatable bonds is 4. The lowest BCUT2D eigenvalue weighted by Crippen LogP contribution is -2.14. The number of hydrogen-bond acceptors (Lipinski definition) is 4. The normalized spacial score (nSPS) is 10.3. The van der Waals surface area contributed by atoms with Crippen LogP contribution in [0.25, 0.3) is 11.3 Å². The third kappa shape index (κ3) is 3.67. The predicted octanol–water partition coefficient (Wildman–Crippen LogP) is 4.25. The number of nitrogens with one attached hydrogen (secondary N) is 1. The first-order chi connectivity index (χ1) is 11.7. The smallest absolute Gasteiger partial charge is 0.270 e. The molecular weight excluding hydrogens is 342 g/mol. The monoisotopic (exact) mass is 353 g/mol. The first-order valence-corrected chi connectivity index (χ1v) is 8.51. The summed E-state index contributed by atoms with van der Waals surface area (Å²) < 4.78 is 0. The number of nitriles is 1. The summed E-state index contributed by atoms with van der Waals surface area (Å²) in [5.74, 6) is 0.676. The van der Waals surface area contributed by atoms with Crippen molar-refractivity contribution in [3.8, 4) is 17.3 Å². The first-order valence-electron chi connectivity index (χ1n) is 7.14. The van der Waals surface area contributed by atoms with Crippen molar-refractivity contribution in [3.63, 3.8) is 0 Å². The zero-order chi connectivity index (χ0) is 16.9. The van der Waals surface area contributed by atoms with E-state index in [9.17, 15) is 10.1 Å². The number of benzene rings is 2. The highest BCUT2D eigenvalue weighted by molar-refractivity contribution is 7.98. The van der Waals surface area contributed by atoms with Gasteiger partial charge in [0.1, 0.15) is 11.6 Å². The van der Waals surface area contributed by atoms with Crippen molar-refractivity contribution in [1.82, 2.24) is 9.97 Å². The Morgan fingerprint density at radius 3 is 2.50 bits per heavy atom. The fourth-order valence-electron chi connectivity index (χ4n) is 2.17. The second-order valence-corrected chi connectivity index (χ2v) is 6.39. The molecule has 4 nitrogen and oxygen atoms in total. The van der Waals surface area contributed by atoms with E-state index in [2.05, 4.69) is 9.97 Å². The maximum atomic E-state index is 12.2. The maximum absolute atomic E-state index is 12.2. The number of H-pyrrole nitrogens is 1. The largest absolute Gasteiger partial charge is 0.300 e. The Balaban J connectivity index is 1.96. The van der Waals surface area contributed by atoms with E-state index >= 15 is 0 Å². The highest BCUT2D eigenvalue weighted by atomic mass is 35.5. The fourth-order valence-corrected chi connectivity index (χ4v) is 3.11. The Kier molecular flexibility index (Phi) is 4.99. The maximum Gasteiger partial charge on any atom is 0.270 e. The summed E-state index contributed by atoms with van der Waals surface area (Å²) in [5, 5.41) is 10.3. The third-order valence-corrected chi connectivity index (χ3v) is 4.54. The molecule has 0 aliphatic rings. The van der Waals surface area contributed by atoms with E-state index in [1.54, 1.807) is 24.3 Å². The number of thioether (sulfide) groups is 1. The molecule has 0 saturated carbocycles. The van der Waals surface area contributed by atoms with Gasteiger partial charge in [-0.2, -0.15) is 5.26 Å². The van der Waals surface area contributed by atoms with Gasteiger partial charge in [-0.25, -0.2) is 4.98 Å². The summed E-state index contributed by atoms with van der Waals surface area (Å²) in [4.78, 5) is 19.3. The molecule has 0 atom stereocenters. The molecule has 118 valence electrons. The SMILES string of the molecule is N#Cc1c(-c2ccc(Cl)cc2)nc(SCc2ccccc2)[nH]c1=O. The van der Waals surface area contributed by atoms with Gasteiger partial charge in [0.15, 0.2) is 5.16 Å². The summed E-state index contributed by atoms with van der Waals surface area (Å²) in [7, 11) is 0. The molecule has 0 spiro atoms. The minimum absolute atomic E-state index is 0.00128. The molecule has 1 aromatic heterocycles. The summed E-state index contributed by atoms with van der Waals surface area (Å²) in [5.41, 5.74) is 1.74. The highest BCUT2D eigenvalue weighted by Gasteiger charge is 2.13. The lowest BCUT2D eigenvalue weighted by Gasteiger charge is -2.07. The van der Waals surface area contributed by atoms with E-state index in [0.717, 1.165) is 5.56 Å². The Morgan fingerprint density at radius 2 is 1.83 bits per heavy atom. The molecule has 0 bridgehead atoms. The Bertz CT molecular complexity index is 947. The van der Waals surface area contributed by atoms with Crippen LogP contribution in [-0.2, 0) is 5.75 Å². The molecule has 0 amide bonds. The lowest BCUT2D eigenvalue weighted by atomic mass is 10.1. The molecule has 0 saturated heterocycles. The molecule has 6 heteroatoms. The van der Waals surface area contributed by atoms with E-state index in [1.165, 1.54) is 11.8 Å². The quantitative estimate of drug-likeness (QED) is 0.562. The van der Waals surface area contributed by atoms with Gasteiger partial charge in [-0.3, -0.25) is 4.79 Å². The second kappa shape index (κ2) is 7.35. The van der Waals surface area contributed by atoms with E-state index in [4.69, 9.17) is 11.6 Å². The zero-order valence-electron chi connectivity index (χ0n) is 12.5. The standard InChI is InChI=1S/C18H12ClN3OS/c19-14-8-6-13(7-9-14)16-15(10-20)17(23)22-18(21-16)24-11-12-4-2-1-3-5-12/h1-9H,11H2,(H,21,22,23). The van der Waals surface area contributed by atoms with Crippen molar-refractivity contribution in [1.29, 1.82) is 5.26 Å². The van der Waals surface area contributed by atoms with E-state index in [0.29, 0.717) is 27.2 Å². The number of hydrogen-bond donors (Lipinski definition) is 1. The highest BCUT2D eigenvalue weighted by Crippen LogP contribution is 2.25. The van der Waals surface area contributed by atoms with Crippen LogP contribution in [0.5, 0.6) is 0 Å². The van der Waals surface area contributed by atoms with E-state index < -0.39 is 5.56 Å². The zero-order valence-corrected chi connectivity index (χ0v) is 14.1. The van der Waals surface area contributed by atoms with Gasteiger partial charge in [-0.1, -0.05) is 65.8 Å². The number of halogens is 1. The van der Waals surface area contributed by atoms with Gasteiger partial charge in [0.25, 0.3) is 5.56 Å². The van der Waals surface area contributed by atoms with Gasteiger partial charge in [0.2, 0.25) is 0 Å². The van der Waals surface area contributed by atoms with Crippen LogP contribution >= 0.6 is 23.4 Å². The number of nitrogens with zero attached hydrogens (tertiary/aromatic N) is 2. The molecule has 1 heterocycles. The van der Waals surface area contributed by atoms with Crippen molar-refractivity contribution in [3.05, 3.63) is 81.1 Å². The topological polar surface area (TPSA) is 69.5 Å². The van der Waals surface area contributed by atoms with Crippen LogP contribution in [0, 0.1) is 11.3 Å².